The molecular formula is C21H15F3N6O. The van der Waals surface area contributed by atoms with Crippen LogP contribution in [0.5, 0.6) is 0 Å². The summed E-state index contributed by atoms with van der Waals surface area (Å²) in [7, 11) is 3.28. The van der Waals surface area contributed by atoms with E-state index in [2.05, 4.69) is 9.97 Å². The fourth-order valence-corrected chi connectivity index (χ4v) is 3.16. The number of aromatic amines is 1. The minimum absolute atomic E-state index is 0.0134. The van der Waals surface area contributed by atoms with E-state index >= 15 is 0 Å². The Kier molecular flexibility index (Phi) is 5.41. The lowest BCUT2D eigenvalue weighted by atomic mass is 9.93. The maximum atomic E-state index is 13.3. The second-order valence-corrected chi connectivity index (χ2v) is 6.78. The number of alkyl halides is 3. The number of pyridine rings is 2. The lowest BCUT2D eigenvalue weighted by molar-refractivity contribution is -0.137. The molecule has 3 rings (SSSR count). The maximum absolute atomic E-state index is 13.3. The molecule has 10 heteroatoms. The van der Waals surface area contributed by atoms with Crippen molar-refractivity contribution >= 4 is 11.6 Å². The summed E-state index contributed by atoms with van der Waals surface area (Å²) in [6.45, 7) is 0. The standard InChI is InChI=1S/C21H15F3N6O/c1-30(2)19-14(7-13(10-28-19)21(22,23)24)11-4-3-5-12(6-11)17-15(8-25)18(27)29-20(31)16(17)9-26/h3-7,10H,1-2H3,(H3,27,29,31). The van der Waals surface area contributed by atoms with Crippen LogP contribution in [0.25, 0.3) is 22.3 Å². The molecule has 0 saturated heterocycles. The van der Waals surface area contributed by atoms with Crippen LogP contribution in [0.3, 0.4) is 0 Å². The third-order valence-electron chi connectivity index (χ3n) is 4.55. The zero-order valence-corrected chi connectivity index (χ0v) is 16.4. The van der Waals surface area contributed by atoms with Crippen LogP contribution >= 0.6 is 0 Å². The first kappa shape index (κ1) is 21.4. The summed E-state index contributed by atoms with van der Waals surface area (Å²) in [6.07, 6.45) is -3.84. The average molecular weight is 424 g/mol. The monoisotopic (exact) mass is 424 g/mol. The highest BCUT2D eigenvalue weighted by Gasteiger charge is 2.32. The first-order valence-corrected chi connectivity index (χ1v) is 8.79. The molecule has 2 aromatic heterocycles. The quantitative estimate of drug-likeness (QED) is 0.663. The van der Waals surface area contributed by atoms with Crippen LogP contribution < -0.4 is 16.2 Å². The van der Waals surface area contributed by atoms with Crippen molar-refractivity contribution in [1.29, 1.82) is 10.5 Å². The number of nitrogens with zero attached hydrogens (tertiary/aromatic N) is 4. The van der Waals surface area contributed by atoms with Crippen LogP contribution in [-0.4, -0.2) is 24.1 Å². The summed E-state index contributed by atoms with van der Waals surface area (Å²) < 4.78 is 39.8. The van der Waals surface area contributed by atoms with Gasteiger partial charge in [0, 0.05) is 31.4 Å². The first-order chi connectivity index (χ1) is 14.6. The van der Waals surface area contributed by atoms with Crippen LogP contribution in [0.15, 0.2) is 41.3 Å². The van der Waals surface area contributed by atoms with Crippen molar-refractivity contribution in [2.45, 2.75) is 6.18 Å². The Hall–Kier alpha value is -4.31. The number of halogens is 3. The number of nitrogens with two attached hydrogens (primary N) is 1. The molecule has 0 unspecified atom stereocenters. The highest BCUT2D eigenvalue weighted by molar-refractivity contribution is 5.85. The molecule has 0 fully saturated rings. The third-order valence-corrected chi connectivity index (χ3v) is 4.55. The number of anilines is 2. The number of nitriles is 2. The maximum Gasteiger partial charge on any atom is 0.417 e. The van der Waals surface area contributed by atoms with Crippen molar-refractivity contribution in [1.82, 2.24) is 9.97 Å². The van der Waals surface area contributed by atoms with E-state index in [1.54, 1.807) is 37.2 Å². The summed E-state index contributed by atoms with van der Waals surface area (Å²) in [5, 5.41) is 18.9. The molecule has 3 aromatic rings. The predicted molar refractivity (Wildman–Crippen MR) is 109 cm³/mol. The Morgan fingerprint density at radius 3 is 2.32 bits per heavy atom. The third kappa shape index (κ3) is 3.91. The van der Waals surface area contributed by atoms with Gasteiger partial charge < -0.3 is 15.6 Å². The van der Waals surface area contributed by atoms with Gasteiger partial charge in [0.05, 0.1) is 5.56 Å². The molecule has 0 amide bonds. The van der Waals surface area contributed by atoms with Crippen LogP contribution in [-0.2, 0) is 6.18 Å². The number of H-pyrrole nitrogens is 1. The fraction of sp³-hybridized carbons (Fsp3) is 0.143. The van der Waals surface area contributed by atoms with Gasteiger partial charge in [-0.05, 0) is 23.3 Å². The van der Waals surface area contributed by atoms with E-state index in [0.29, 0.717) is 5.56 Å². The van der Waals surface area contributed by atoms with E-state index in [1.165, 1.54) is 12.1 Å². The SMILES string of the molecule is CN(C)c1ncc(C(F)(F)F)cc1-c1cccc(-c2c(C#N)c(N)[nH]c(=O)c2C#N)c1. The summed E-state index contributed by atoms with van der Waals surface area (Å²) in [5.74, 6) is 0.0817. The molecule has 0 radical (unpaired) electrons. The van der Waals surface area contributed by atoms with Gasteiger partial charge in [0.1, 0.15) is 34.9 Å². The lowest BCUT2D eigenvalue weighted by Gasteiger charge is -2.19. The van der Waals surface area contributed by atoms with Gasteiger partial charge in [-0.3, -0.25) is 4.79 Å². The minimum Gasteiger partial charge on any atom is -0.384 e. The Morgan fingerprint density at radius 1 is 1.10 bits per heavy atom. The number of hydrogen-bond acceptors (Lipinski definition) is 6. The van der Waals surface area contributed by atoms with Crippen LogP contribution in [0.2, 0.25) is 0 Å². The van der Waals surface area contributed by atoms with Gasteiger partial charge in [-0.15, -0.1) is 0 Å². The van der Waals surface area contributed by atoms with Gasteiger partial charge in [0.25, 0.3) is 5.56 Å². The molecule has 7 nitrogen and oxygen atoms in total. The van der Waals surface area contributed by atoms with Crippen molar-refractivity contribution < 1.29 is 13.2 Å². The second-order valence-electron chi connectivity index (χ2n) is 6.78. The molecule has 0 saturated carbocycles. The van der Waals surface area contributed by atoms with Gasteiger partial charge in [0.2, 0.25) is 0 Å². The Balaban J connectivity index is 2.33. The number of rotatable bonds is 3. The van der Waals surface area contributed by atoms with Crippen molar-refractivity contribution in [3.8, 4) is 34.4 Å². The number of nitrogen functional groups attached to an aromatic ring is 1. The molecular weight excluding hydrogens is 409 g/mol. The van der Waals surface area contributed by atoms with Crippen LogP contribution in [0.4, 0.5) is 24.8 Å². The summed E-state index contributed by atoms with van der Waals surface area (Å²) in [4.78, 5) is 19.9. The van der Waals surface area contributed by atoms with Crippen molar-refractivity contribution in [2.75, 3.05) is 24.7 Å². The molecule has 0 aliphatic rings. The Labute approximate surface area is 174 Å². The molecule has 31 heavy (non-hydrogen) atoms. The summed E-state index contributed by atoms with van der Waals surface area (Å²) in [5.41, 5.74) is 4.47. The van der Waals surface area contributed by atoms with E-state index in [4.69, 9.17) is 5.73 Å². The van der Waals surface area contributed by atoms with E-state index in [-0.39, 0.29) is 39.5 Å². The first-order valence-electron chi connectivity index (χ1n) is 8.79. The number of aromatic nitrogens is 2. The van der Waals surface area contributed by atoms with Gasteiger partial charge in [-0.25, -0.2) is 4.98 Å². The minimum atomic E-state index is -4.59. The van der Waals surface area contributed by atoms with E-state index in [1.807, 2.05) is 6.07 Å². The van der Waals surface area contributed by atoms with Crippen molar-refractivity contribution in [2.24, 2.45) is 0 Å². The average Bonchev–Trinajstić information content (AvgIpc) is 2.72. The lowest BCUT2D eigenvalue weighted by Crippen LogP contribution is -2.16. The van der Waals surface area contributed by atoms with Crippen LogP contribution in [0.1, 0.15) is 16.7 Å². The molecule has 0 aliphatic heterocycles. The van der Waals surface area contributed by atoms with E-state index in [9.17, 15) is 28.5 Å². The highest BCUT2D eigenvalue weighted by atomic mass is 19.4. The Bertz CT molecular complexity index is 1310. The summed E-state index contributed by atoms with van der Waals surface area (Å²) in [6, 6.07) is 10.7. The van der Waals surface area contributed by atoms with E-state index < -0.39 is 17.3 Å². The molecule has 0 atom stereocenters. The number of hydrogen-bond donors (Lipinski definition) is 2. The zero-order chi connectivity index (χ0) is 22.9. The molecule has 156 valence electrons. The van der Waals surface area contributed by atoms with Crippen LogP contribution in [0, 0.1) is 22.7 Å². The zero-order valence-electron chi connectivity index (χ0n) is 16.4. The Morgan fingerprint density at radius 2 is 1.74 bits per heavy atom. The smallest absolute Gasteiger partial charge is 0.384 e. The van der Waals surface area contributed by atoms with E-state index in [0.717, 1.165) is 12.3 Å². The summed E-state index contributed by atoms with van der Waals surface area (Å²) >= 11 is 0. The van der Waals surface area contributed by atoms with Gasteiger partial charge in [-0.2, -0.15) is 23.7 Å². The normalized spacial score (nSPS) is 10.9. The number of nitrogens with one attached hydrogen (secondary N) is 1. The van der Waals surface area contributed by atoms with Gasteiger partial charge in [0.15, 0.2) is 0 Å². The topological polar surface area (TPSA) is 123 Å². The predicted octanol–water partition coefficient (Wildman–Crippen LogP) is 3.51. The highest BCUT2D eigenvalue weighted by Crippen LogP contribution is 2.37. The van der Waals surface area contributed by atoms with Crippen molar-refractivity contribution in [3.05, 3.63) is 63.6 Å². The fourth-order valence-electron chi connectivity index (χ4n) is 3.16. The molecule has 1 aromatic carbocycles. The molecule has 3 N–H and O–H groups in total. The molecule has 2 heterocycles. The van der Waals surface area contributed by atoms with Gasteiger partial charge >= 0.3 is 6.18 Å². The van der Waals surface area contributed by atoms with Gasteiger partial charge in [-0.1, -0.05) is 18.2 Å². The number of benzene rings is 1. The molecule has 0 aliphatic carbocycles. The largest absolute Gasteiger partial charge is 0.417 e. The molecule has 0 bridgehead atoms. The molecule has 0 spiro atoms. The second kappa shape index (κ2) is 7.84. The van der Waals surface area contributed by atoms with Crippen molar-refractivity contribution in [3.63, 3.8) is 0 Å².